The third-order valence-electron chi connectivity index (χ3n) is 2.35. The standard InChI is InChI=1S/C12H11ClNO2S/c13-17(15,16)12-6-4-11(5-7-12)10-14-8-2-1-3-9-14/h1-9H,10H2/q+1. The molecule has 0 fully saturated rings. The minimum atomic E-state index is -3.63. The van der Waals surface area contributed by atoms with Gasteiger partial charge in [-0.25, -0.2) is 13.0 Å². The predicted molar refractivity (Wildman–Crippen MR) is 65.2 cm³/mol. The van der Waals surface area contributed by atoms with E-state index in [2.05, 4.69) is 0 Å². The van der Waals surface area contributed by atoms with E-state index in [0.29, 0.717) is 6.54 Å². The van der Waals surface area contributed by atoms with Crippen molar-refractivity contribution < 1.29 is 13.0 Å². The summed E-state index contributed by atoms with van der Waals surface area (Å²) in [5.41, 5.74) is 1.02. The van der Waals surface area contributed by atoms with Gasteiger partial charge in [-0.05, 0) is 12.1 Å². The first-order valence-electron chi connectivity index (χ1n) is 5.03. The summed E-state index contributed by atoms with van der Waals surface area (Å²) < 4.78 is 24.1. The van der Waals surface area contributed by atoms with Gasteiger partial charge in [0.25, 0.3) is 9.05 Å². The van der Waals surface area contributed by atoms with Crippen LogP contribution in [0.15, 0.2) is 59.8 Å². The van der Waals surface area contributed by atoms with Gasteiger partial charge in [0.15, 0.2) is 18.9 Å². The van der Waals surface area contributed by atoms with Gasteiger partial charge in [0.2, 0.25) is 0 Å². The van der Waals surface area contributed by atoms with E-state index in [9.17, 15) is 8.42 Å². The Bertz CT molecular complexity index is 594. The molecule has 0 bridgehead atoms. The first-order chi connectivity index (χ1) is 8.05. The Hall–Kier alpha value is -1.39. The van der Waals surface area contributed by atoms with E-state index in [-0.39, 0.29) is 4.90 Å². The zero-order valence-corrected chi connectivity index (χ0v) is 10.5. The highest BCUT2D eigenvalue weighted by Crippen LogP contribution is 2.15. The van der Waals surface area contributed by atoms with Gasteiger partial charge in [-0.3, -0.25) is 0 Å². The molecule has 1 aromatic carbocycles. The molecule has 0 aliphatic carbocycles. The number of pyridine rings is 1. The fraction of sp³-hybridized carbons (Fsp3) is 0.0833. The molecule has 0 atom stereocenters. The molecule has 2 rings (SSSR count). The van der Waals surface area contributed by atoms with Crippen LogP contribution in [0.25, 0.3) is 0 Å². The molecule has 1 aromatic heterocycles. The number of hydrogen-bond acceptors (Lipinski definition) is 2. The van der Waals surface area contributed by atoms with Gasteiger partial charge in [0, 0.05) is 28.4 Å². The van der Waals surface area contributed by atoms with E-state index >= 15 is 0 Å². The van der Waals surface area contributed by atoms with E-state index in [4.69, 9.17) is 10.7 Å². The van der Waals surface area contributed by atoms with Crippen molar-refractivity contribution in [1.82, 2.24) is 0 Å². The zero-order valence-electron chi connectivity index (χ0n) is 8.95. The average Bonchev–Trinajstić information content (AvgIpc) is 2.30. The Morgan fingerprint density at radius 3 is 2.12 bits per heavy atom. The zero-order chi connectivity index (χ0) is 12.3. The van der Waals surface area contributed by atoms with Crippen molar-refractivity contribution >= 4 is 19.7 Å². The molecule has 0 radical (unpaired) electrons. The second-order valence-electron chi connectivity index (χ2n) is 3.63. The second-order valence-corrected chi connectivity index (χ2v) is 6.20. The summed E-state index contributed by atoms with van der Waals surface area (Å²) in [6, 6.07) is 12.4. The molecule has 0 spiro atoms. The third kappa shape index (κ3) is 3.28. The second kappa shape index (κ2) is 4.85. The maximum atomic E-state index is 11.1. The first-order valence-corrected chi connectivity index (χ1v) is 7.34. The smallest absolute Gasteiger partial charge is 0.207 e. The fourth-order valence-electron chi connectivity index (χ4n) is 1.51. The molecule has 0 aliphatic heterocycles. The van der Waals surface area contributed by atoms with Crippen LogP contribution >= 0.6 is 10.7 Å². The van der Waals surface area contributed by atoms with Gasteiger partial charge < -0.3 is 0 Å². The summed E-state index contributed by atoms with van der Waals surface area (Å²) in [5.74, 6) is 0. The maximum Gasteiger partial charge on any atom is 0.261 e. The van der Waals surface area contributed by atoms with E-state index < -0.39 is 9.05 Å². The molecule has 88 valence electrons. The Morgan fingerprint density at radius 1 is 1.00 bits per heavy atom. The molecule has 1 heterocycles. The lowest BCUT2D eigenvalue weighted by Crippen LogP contribution is -2.32. The van der Waals surface area contributed by atoms with Crippen molar-refractivity contribution in [1.29, 1.82) is 0 Å². The van der Waals surface area contributed by atoms with Crippen LogP contribution < -0.4 is 4.57 Å². The molecule has 0 unspecified atom stereocenters. The fourth-order valence-corrected chi connectivity index (χ4v) is 2.28. The predicted octanol–water partition coefficient (Wildman–Crippen LogP) is 1.95. The molecule has 3 nitrogen and oxygen atoms in total. The highest BCUT2D eigenvalue weighted by molar-refractivity contribution is 8.13. The Morgan fingerprint density at radius 2 is 1.59 bits per heavy atom. The summed E-state index contributed by atoms with van der Waals surface area (Å²) >= 11 is 0. The highest BCUT2D eigenvalue weighted by atomic mass is 35.7. The lowest BCUT2D eigenvalue weighted by Gasteiger charge is -1.99. The number of nitrogens with zero attached hydrogens (tertiary/aromatic N) is 1. The molecule has 2 aromatic rings. The molecular formula is C12H11ClNO2S+. The van der Waals surface area contributed by atoms with Gasteiger partial charge >= 0.3 is 0 Å². The number of hydrogen-bond donors (Lipinski definition) is 0. The Labute approximate surface area is 105 Å². The maximum absolute atomic E-state index is 11.1. The van der Waals surface area contributed by atoms with Crippen molar-refractivity contribution in [2.75, 3.05) is 0 Å². The topological polar surface area (TPSA) is 38.0 Å². The molecule has 0 aliphatic rings. The van der Waals surface area contributed by atoms with Crippen molar-refractivity contribution in [2.24, 2.45) is 0 Å². The molecule has 5 heteroatoms. The van der Waals surface area contributed by atoms with Gasteiger partial charge in [-0.2, -0.15) is 0 Å². The number of halogens is 1. The van der Waals surface area contributed by atoms with E-state index in [1.807, 2.05) is 35.2 Å². The van der Waals surface area contributed by atoms with Gasteiger partial charge in [0.1, 0.15) is 0 Å². The quantitative estimate of drug-likeness (QED) is 0.630. The van der Waals surface area contributed by atoms with Crippen LogP contribution in [0.3, 0.4) is 0 Å². The highest BCUT2D eigenvalue weighted by Gasteiger charge is 2.09. The Kier molecular flexibility index (Phi) is 3.45. The largest absolute Gasteiger partial charge is 0.261 e. The summed E-state index contributed by atoms with van der Waals surface area (Å²) in [4.78, 5) is 0.126. The van der Waals surface area contributed by atoms with Crippen LogP contribution in [0.4, 0.5) is 0 Å². The van der Waals surface area contributed by atoms with Gasteiger partial charge in [0.05, 0.1) is 4.90 Å². The van der Waals surface area contributed by atoms with Crippen molar-refractivity contribution in [2.45, 2.75) is 11.4 Å². The number of rotatable bonds is 3. The van der Waals surface area contributed by atoms with Gasteiger partial charge in [-0.1, -0.05) is 18.2 Å². The minimum Gasteiger partial charge on any atom is -0.207 e. The molecule has 0 amide bonds. The minimum absolute atomic E-state index is 0.126. The SMILES string of the molecule is O=S(=O)(Cl)c1ccc(C[n+]2ccccc2)cc1. The van der Waals surface area contributed by atoms with Crippen LogP contribution in [0.1, 0.15) is 5.56 Å². The van der Waals surface area contributed by atoms with Crippen molar-refractivity contribution in [3.8, 4) is 0 Å². The Balaban J connectivity index is 2.20. The van der Waals surface area contributed by atoms with Crippen LogP contribution in [0.5, 0.6) is 0 Å². The molecular weight excluding hydrogens is 258 g/mol. The third-order valence-corrected chi connectivity index (χ3v) is 3.72. The van der Waals surface area contributed by atoms with Crippen molar-refractivity contribution in [3.05, 3.63) is 60.4 Å². The van der Waals surface area contributed by atoms with E-state index in [0.717, 1.165) is 5.56 Å². The van der Waals surface area contributed by atoms with Crippen molar-refractivity contribution in [3.63, 3.8) is 0 Å². The van der Waals surface area contributed by atoms with Crippen LogP contribution in [-0.2, 0) is 15.6 Å². The van der Waals surface area contributed by atoms with Crippen LogP contribution in [-0.4, -0.2) is 8.42 Å². The molecule has 0 saturated heterocycles. The lowest BCUT2D eigenvalue weighted by molar-refractivity contribution is -0.688. The van der Waals surface area contributed by atoms with Gasteiger partial charge in [-0.15, -0.1) is 0 Å². The summed E-state index contributed by atoms with van der Waals surface area (Å²) in [7, 11) is 1.61. The summed E-state index contributed by atoms with van der Waals surface area (Å²) in [5, 5.41) is 0. The van der Waals surface area contributed by atoms with Crippen LogP contribution in [0.2, 0.25) is 0 Å². The van der Waals surface area contributed by atoms with E-state index in [1.165, 1.54) is 12.1 Å². The summed E-state index contributed by atoms with van der Waals surface area (Å²) in [6.45, 7) is 0.698. The molecule has 17 heavy (non-hydrogen) atoms. The van der Waals surface area contributed by atoms with Crippen LogP contribution in [0, 0.1) is 0 Å². The number of benzene rings is 1. The number of aromatic nitrogens is 1. The first kappa shape index (κ1) is 12.1. The lowest BCUT2D eigenvalue weighted by atomic mass is 10.2. The monoisotopic (exact) mass is 268 g/mol. The summed E-state index contributed by atoms with van der Waals surface area (Å²) in [6.07, 6.45) is 3.90. The molecule has 0 saturated carbocycles. The average molecular weight is 269 g/mol. The molecule has 0 N–H and O–H groups in total. The normalized spacial score (nSPS) is 11.4. The van der Waals surface area contributed by atoms with E-state index in [1.54, 1.807) is 12.1 Å².